The van der Waals surface area contributed by atoms with Crippen LogP contribution in [0.5, 0.6) is 0 Å². The number of carbonyl (C=O) groups excluding carboxylic acids is 1. The van der Waals surface area contributed by atoms with Crippen molar-refractivity contribution in [1.29, 1.82) is 0 Å². The molecule has 0 N–H and O–H groups in total. The third-order valence-corrected chi connectivity index (χ3v) is 5.55. The van der Waals surface area contributed by atoms with E-state index in [0.717, 1.165) is 32.5 Å². The minimum atomic E-state index is -0.262. The second kappa shape index (κ2) is 8.74. The lowest BCUT2D eigenvalue weighted by Crippen LogP contribution is -2.46. The average Bonchev–Trinajstić information content (AvgIpc) is 2.66. The smallest absolute Gasteiger partial charge is 0.224 e. The monoisotopic (exact) mass is 383 g/mol. The second-order valence-corrected chi connectivity index (χ2v) is 7.89. The minimum absolute atomic E-state index is 0.0269. The quantitative estimate of drug-likeness (QED) is 0.774. The fraction of sp³-hybridized carbons (Fsp3) is 0.435. The first-order chi connectivity index (χ1) is 13.3. The topological polar surface area (TPSA) is 26.8 Å². The molecule has 2 aromatic rings. The molecule has 0 aliphatic carbocycles. The third kappa shape index (κ3) is 4.71. The van der Waals surface area contributed by atoms with Crippen molar-refractivity contribution in [3.63, 3.8) is 0 Å². The summed E-state index contributed by atoms with van der Waals surface area (Å²) in [5.41, 5.74) is 3.76. The zero-order chi connectivity index (χ0) is 20.3. The summed E-state index contributed by atoms with van der Waals surface area (Å²) in [6.45, 7) is 6.08. The predicted octanol–water partition coefficient (Wildman–Crippen LogP) is 4.22. The molecular formula is C23H30FN3O. The van der Waals surface area contributed by atoms with Crippen LogP contribution in [0.4, 0.5) is 15.8 Å². The van der Waals surface area contributed by atoms with Crippen LogP contribution in [0.3, 0.4) is 0 Å². The Balaban J connectivity index is 1.62. The van der Waals surface area contributed by atoms with E-state index in [1.165, 1.54) is 17.3 Å². The molecule has 0 unspecified atom stereocenters. The summed E-state index contributed by atoms with van der Waals surface area (Å²) in [5, 5.41) is 0. The number of hydrogen-bond acceptors (Lipinski definition) is 3. The van der Waals surface area contributed by atoms with Gasteiger partial charge in [-0.05, 0) is 55.2 Å². The zero-order valence-corrected chi connectivity index (χ0v) is 17.3. The number of likely N-dealkylation sites (tertiary alicyclic amines) is 1. The Bertz CT molecular complexity index is 811. The maximum Gasteiger partial charge on any atom is 0.224 e. The van der Waals surface area contributed by atoms with Gasteiger partial charge >= 0.3 is 0 Å². The van der Waals surface area contributed by atoms with Gasteiger partial charge in [-0.25, -0.2) is 4.39 Å². The molecule has 0 radical (unpaired) electrons. The lowest BCUT2D eigenvalue weighted by molar-refractivity contribution is -0.117. The van der Waals surface area contributed by atoms with E-state index < -0.39 is 0 Å². The fourth-order valence-corrected chi connectivity index (χ4v) is 3.87. The van der Waals surface area contributed by atoms with Gasteiger partial charge in [-0.1, -0.05) is 18.2 Å². The van der Waals surface area contributed by atoms with Crippen molar-refractivity contribution in [2.45, 2.75) is 39.3 Å². The van der Waals surface area contributed by atoms with Gasteiger partial charge in [0.25, 0.3) is 0 Å². The van der Waals surface area contributed by atoms with Crippen molar-refractivity contribution in [2.24, 2.45) is 0 Å². The second-order valence-electron chi connectivity index (χ2n) is 7.89. The summed E-state index contributed by atoms with van der Waals surface area (Å²) >= 11 is 0. The molecule has 1 saturated heterocycles. The summed E-state index contributed by atoms with van der Waals surface area (Å²) in [6, 6.07) is 13.8. The summed E-state index contributed by atoms with van der Waals surface area (Å²) in [6.07, 6.45) is 1.79. The minimum Gasteiger partial charge on any atom is -0.378 e. The van der Waals surface area contributed by atoms with E-state index >= 15 is 0 Å². The predicted molar refractivity (Wildman–Crippen MR) is 113 cm³/mol. The lowest BCUT2D eigenvalue weighted by atomic mass is 10.0. The van der Waals surface area contributed by atoms with Gasteiger partial charge in [0, 0.05) is 58.1 Å². The molecule has 5 heteroatoms. The molecule has 1 aliphatic heterocycles. The first kappa shape index (κ1) is 20.3. The molecule has 3 rings (SSSR count). The maximum atomic E-state index is 14.0. The van der Waals surface area contributed by atoms with E-state index in [1.54, 1.807) is 24.8 Å². The van der Waals surface area contributed by atoms with Crippen molar-refractivity contribution < 1.29 is 9.18 Å². The number of amides is 1. The summed E-state index contributed by atoms with van der Waals surface area (Å²) in [4.78, 5) is 18.6. The van der Waals surface area contributed by atoms with E-state index in [9.17, 15) is 9.18 Å². The van der Waals surface area contributed by atoms with Crippen LogP contribution in [0.25, 0.3) is 0 Å². The largest absolute Gasteiger partial charge is 0.378 e. The van der Waals surface area contributed by atoms with Gasteiger partial charge in [-0.2, -0.15) is 0 Å². The number of hydrogen-bond donors (Lipinski definition) is 0. The van der Waals surface area contributed by atoms with Crippen LogP contribution in [-0.2, 0) is 11.3 Å². The highest BCUT2D eigenvalue weighted by molar-refractivity contribution is 5.92. The molecule has 1 amide bonds. The van der Waals surface area contributed by atoms with Gasteiger partial charge in [0.2, 0.25) is 5.91 Å². The molecule has 0 spiro atoms. The summed E-state index contributed by atoms with van der Waals surface area (Å²) < 4.78 is 14.0. The molecule has 150 valence electrons. The summed E-state index contributed by atoms with van der Waals surface area (Å²) in [7, 11) is 4.08. The molecule has 1 fully saturated rings. The Hall–Kier alpha value is -2.40. The Morgan fingerprint density at radius 2 is 1.68 bits per heavy atom. The molecule has 0 aromatic heterocycles. The standard InChI is InChI=1S/C23H30FN3O/c1-17-5-8-22(15-23(17)24)27(18(2)28)21-11-13-26(14-12-21)16-19-6-9-20(10-7-19)25(3)4/h5-10,15,21H,11-14,16H2,1-4H3. The molecule has 0 atom stereocenters. The van der Waals surface area contributed by atoms with E-state index in [2.05, 4.69) is 34.1 Å². The summed E-state index contributed by atoms with van der Waals surface area (Å²) in [5.74, 6) is -0.289. The van der Waals surface area contributed by atoms with Crippen molar-refractivity contribution in [2.75, 3.05) is 37.0 Å². The van der Waals surface area contributed by atoms with Crippen LogP contribution in [0, 0.1) is 12.7 Å². The molecule has 0 bridgehead atoms. The van der Waals surface area contributed by atoms with Crippen LogP contribution >= 0.6 is 0 Å². The fourth-order valence-electron chi connectivity index (χ4n) is 3.87. The lowest BCUT2D eigenvalue weighted by Gasteiger charge is -2.38. The highest BCUT2D eigenvalue weighted by Crippen LogP contribution is 2.26. The van der Waals surface area contributed by atoms with E-state index in [0.29, 0.717) is 11.3 Å². The van der Waals surface area contributed by atoms with Crippen LogP contribution < -0.4 is 9.80 Å². The molecule has 4 nitrogen and oxygen atoms in total. The number of aryl methyl sites for hydroxylation is 1. The Morgan fingerprint density at radius 1 is 1.07 bits per heavy atom. The number of carbonyl (C=O) groups is 1. The van der Waals surface area contributed by atoms with Gasteiger partial charge in [-0.3, -0.25) is 9.69 Å². The van der Waals surface area contributed by atoms with Crippen LogP contribution in [0.15, 0.2) is 42.5 Å². The maximum absolute atomic E-state index is 14.0. The van der Waals surface area contributed by atoms with Gasteiger partial charge in [0.1, 0.15) is 5.82 Å². The van der Waals surface area contributed by atoms with Crippen LogP contribution in [-0.4, -0.2) is 44.0 Å². The molecule has 1 aliphatic rings. The van der Waals surface area contributed by atoms with E-state index in [-0.39, 0.29) is 17.8 Å². The third-order valence-electron chi connectivity index (χ3n) is 5.55. The molecule has 1 heterocycles. The normalized spacial score (nSPS) is 15.5. The van der Waals surface area contributed by atoms with Crippen LogP contribution in [0.2, 0.25) is 0 Å². The number of anilines is 2. The van der Waals surface area contributed by atoms with E-state index in [4.69, 9.17) is 0 Å². The van der Waals surface area contributed by atoms with Crippen molar-refractivity contribution >= 4 is 17.3 Å². The van der Waals surface area contributed by atoms with Crippen molar-refractivity contribution in [3.05, 3.63) is 59.4 Å². The van der Waals surface area contributed by atoms with E-state index in [1.807, 2.05) is 20.2 Å². The Labute approximate surface area is 167 Å². The van der Waals surface area contributed by atoms with Crippen molar-refractivity contribution in [3.8, 4) is 0 Å². The van der Waals surface area contributed by atoms with Gasteiger partial charge in [0.15, 0.2) is 0 Å². The zero-order valence-electron chi connectivity index (χ0n) is 17.3. The van der Waals surface area contributed by atoms with Crippen LogP contribution in [0.1, 0.15) is 30.9 Å². The molecular weight excluding hydrogens is 353 g/mol. The van der Waals surface area contributed by atoms with Gasteiger partial charge < -0.3 is 9.80 Å². The number of piperidine rings is 1. The SMILES string of the molecule is CC(=O)N(c1ccc(C)c(F)c1)C1CCN(Cc2ccc(N(C)C)cc2)CC1. The molecule has 2 aromatic carbocycles. The van der Waals surface area contributed by atoms with Gasteiger partial charge in [-0.15, -0.1) is 0 Å². The first-order valence-electron chi connectivity index (χ1n) is 9.89. The Morgan fingerprint density at radius 3 is 2.21 bits per heavy atom. The highest BCUT2D eigenvalue weighted by atomic mass is 19.1. The number of halogens is 1. The molecule has 28 heavy (non-hydrogen) atoms. The number of rotatable bonds is 5. The first-order valence-corrected chi connectivity index (χ1v) is 9.89. The average molecular weight is 384 g/mol. The number of nitrogens with zero attached hydrogens (tertiary/aromatic N) is 3. The molecule has 0 saturated carbocycles. The Kier molecular flexibility index (Phi) is 6.35. The highest BCUT2D eigenvalue weighted by Gasteiger charge is 2.27. The van der Waals surface area contributed by atoms with Gasteiger partial charge in [0.05, 0.1) is 0 Å². The number of benzene rings is 2. The van der Waals surface area contributed by atoms with Crippen molar-refractivity contribution in [1.82, 2.24) is 4.90 Å².